The van der Waals surface area contributed by atoms with Crippen LogP contribution < -0.4 is 0 Å². The van der Waals surface area contributed by atoms with Crippen LogP contribution in [0.4, 0.5) is 0 Å². The highest BCUT2D eigenvalue weighted by atomic mass is 32.1. The summed E-state index contributed by atoms with van der Waals surface area (Å²) in [6.45, 7) is 4.25. The maximum absolute atomic E-state index is 5.58. The molecule has 0 saturated carbocycles. The molecule has 4 heteroatoms. The summed E-state index contributed by atoms with van der Waals surface area (Å²) in [5.74, 6) is 0.652. The first kappa shape index (κ1) is 37.1. The fourth-order valence-electron chi connectivity index (χ4n) is 9.64. The van der Waals surface area contributed by atoms with Crippen molar-refractivity contribution in [2.75, 3.05) is 0 Å². The zero-order valence-corrected chi connectivity index (χ0v) is 35.8. The van der Waals surface area contributed by atoms with Crippen LogP contribution in [0.2, 0.25) is 0 Å². The summed E-state index contributed by atoms with van der Waals surface area (Å²) < 4.78 is 4.94. The summed E-state index contributed by atoms with van der Waals surface area (Å²) in [5.41, 5.74) is 9.77. The molecule has 0 aliphatic heterocycles. The van der Waals surface area contributed by atoms with Crippen LogP contribution in [-0.4, -0.2) is 14.5 Å². The summed E-state index contributed by atoms with van der Waals surface area (Å²) in [4.78, 5) is 11.0. The smallest absolute Gasteiger partial charge is 0.235 e. The van der Waals surface area contributed by atoms with E-state index in [2.05, 4.69) is 219 Å². The van der Waals surface area contributed by atoms with E-state index in [0.717, 1.165) is 38.8 Å². The standard InChI is InChI=1S/C56H33N3S.C3H8/c1-4-15-40-34(11-1)14-9-19-41(40)37-23-25-38(26-24-37)53-47-18-7-8-22-49(47)57-56(58-53)59-54-43-17-6-3-13-36(43)27-30-46(54)45-21-10-20-44(55(45)59)39-29-31-50-48(33-39)52-42-16-5-2-12-35(42)28-32-51(52)60-50;1-3-2/h1-33H;3H2,1-2H3. The average molecular weight is 824 g/mol. The Morgan fingerprint density at radius 1 is 0.397 bits per heavy atom. The topological polar surface area (TPSA) is 30.7 Å². The molecule has 0 saturated heterocycles. The van der Waals surface area contributed by atoms with Gasteiger partial charge in [0.25, 0.3) is 0 Å². The fraction of sp³-hybridized carbons (Fsp3) is 0.0508. The van der Waals surface area contributed by atoms with E-state index in [-0.39, 0.29) is 0 Å². The predicted molar refractivity (Wildman–Crippen MR) is 272 cm³/mol. The predicted octanol–water partition coefficient (Wildman–Crippen LogP) is 17.0. The zero-order chi connectivity index (χ0) is 42.0. The Hall–Kier alpha value is -7.66. The molecule has 0 aliphatic rings. The first-order valence-electron chi connectivity index (χ1n) is 21.8. The maximum atomic E-state index is 5.58. The van der Waals surface area contributed by atoms with Crippen molar-refractivity contribution in [1.82, 2.24) is 14.5 Å². The first-order chi connectivity index (χ1) is 31.2. The van der Waals surface area contributed by atoms with Gasteiger partial charge in [0.15, 0.2) is 0 Å². The molecule has 0 spiro atoms. The number of benzene rings is 10. The lowest BCUT2D eigenvalue weighted by Crippen LogP contribution is -2.04. The second-order valence-corrected chi connectivity index (χ2v) is 17.5. The third kappa shape index (κ3) is 6.01. The molecule has 0 radical (unpaired) electrons. The summed E-state index contributed by atoms with van der Waals surface area (Å²) in [6, 6.07) is 72.6. The van der Waals surface area contributed by atoms with E-state index in [0.29, 0.717) is 5.95 Å². The Morgan fingerprint density at radius 2 is 0.952 bits per heavy atom. The van der Waals surface area contributed by atoms with Crippen molar-refractivity contribution in [3.8, 4) is 39.5 Å². The highest BCUT2D eigenvalue weighted by Crippen LogP contribution is 2.44. The summed E-state index contributed by atoms with van der Waals surface area (Å²) >= 11 is 1.86. The lowest BCUT2D eigenvalue weighted by atomic mass is 9.96. The number of nitrogens with zero attached hydrogens (tertiary/aromatic N) is 3. The van der Waals surface area contributed by atoms with Gasteiger partial charge in [0.1, 0.15) is 0 Å². The van der Waals surface area contributed by atoms with E-state index in [1.165, 1.54) is 86.4 Å². The Balaban J connectivity index is 0.00000137. The molecule has 13 rings (SSSR count). The molecule has 3 nitrogen and oxygen atoms in total. The number of hydrogen-bond acceptors (Lipinski definition) is 3. The van der Waals surface area contributed by atoms with Gasteiger partial charge < -0.3 is 0 Å². The molecule has 0 amide bonds. The van der Waals surface area contributed by atoms with Gasteiger partial charge in [0.2, 0.25) is 5.95 Å². The minimum absolute atomic E-state index is 0.652. The van der Waals surface area contributed by atoms with Gasteiger partial charge >= 0.3 is 0 Å². The summed E-state index contributed by atoms with van der Waals surface area (Å²) in [5, 5.41) is 13.4. The first-order valence-corrected chi connectivity index (χ1v) is 22.6. The van der Waals surface area contributed by atoms with Gasteiger partial charge in [0.05, 0.1) is 22.2 Å². The lowest BCUT2D eigenvalue weighted by Gasteiger charge is -2.15. The van der Waals surface area contributed by atoms with E-state index in [4.69, 9.17) is 9.97 Å². The van der Waals surface area contributed by atoms with Gasteiger partial charge in [-0.15, -0.1) is 11.3 Å². The van der Waals surface area contributed by atoms with Crippen LogP contribution in [0.3, 0.4) is 0 Å². The van der Waals surface area contributed by atoms with Crippen LogP contribution >= 0.6 is 11.3 Å². The van der Waals surface area contributed by atoms with Crippen LogP contribution in [0.15, 0.2) is 200 Å². The molecule has 0 aliphatic carbocycles. The van der Waals surface area contributed by atoms with Gasteiger partial charge in [-0.2, -0.15) is 0 Å². The number of aromatic nitrogens is 3. The van der Waals surface area contributed by atoms with Gasteiger partial charge in [0, 0.05) is 52.8 Å². The Morgan fingerprint density at radius 3 is 1.76 bits per heavy atom. The number of fused-ring (bicyclic) bond motifs is 12. The minimum atomic E-state index is 0.652. The average Bonchev–Trinajstić information content (AvgIpc) is 3.90. The monoisotopic (exact) mass is 823 g/mol. The van der Waals surface area contributed by atoms with Crippen LogP contribution in [-0.2, 0) is 0 Å². The van der Waals surface area contributed by atoms with Crippen LogP contribution in [0, 0.1) is 0 Å². The Bertz CT molecular complexity index is 3910. The number of hydrogen-bond donors (Lipinski definition) is 0. The van der Waals surface area contributed by atoms with Gasteiger partial charge in [-0.05, 0) is 67.9 Å². The summed E-state index contributed by atoms with van der Waals surface area (Å²) in [6.07, 6.45) is 1.25. The molecular weight excluding hydrogens is 783 g/mol. The van der Waals surface area contributed by atoms with Crippen molar-refractivity contribution in [1.29, 1.82) is 0 Å². The van der Waals surface area contributed by atoms with E-state index in [9.17, 15) is 0 Å². The van der Waals surface area contributed by atoms with E-state index in [1.807, 2.05) is 11.3 Å². The molecule has 3 aromatic heterocycles. The van der Waals surface area contributed by atoms with Crippen molar-refractivity contribution >= 4 is 96.5 Å². The quantitative estimate of drug-likeness (QED) is 0.177. The molecular formula is C59H41N3S. The SMILES string of the molecule is CCC.c1ccc2c(-c3ccc(-c4nc(-n5c6c(-c7ccc8sc9ccc%10ccccc%10c9c8c7)cccc6c6ccc7ccccc7c65)nc5ccccc45)cc3)cccc2c1. The normalized spacial score (nSPS) is 11.7. The molecule has 3 heterocycles. The number of para-hydroxylation sites is 2. The highest BCUT2D eigenvalue weighted by molar-refractivity contribution is 7.26. The van der Waals surface area contributed by atoms with Crippen LogP contribution in [0.1, 0.15) is 20.3 Å². The van der Waals surface area contributed by atoms with Crippen molar-refractivity contribution in [2.45, 2.75) is 20.3 Å². The summed E-state index contributed by atoms with van der Waals surface area (Å²) in [7, 11) is 0. The molecule has 0 atom stereocenters. The molecule has 0 bridgehead atoms. The van der Waals surface area contributed by atoms with Crippen LogP contribution in [0.25, 0.3) is 125 Å². The van der Waals surface area contributed by atoms with Crippen molar-refractivity contribution < 1.29 is 0 Å². The molecule has 0 N–H and O–H groups in total. The molecule has 10 aromatic carbocycles. The van der Waals surface area contributed by atoms with Gasteiger partial charge in [-0.25, -0.2) is 9.97 Å². The van der Waals surface area contributed by atoms with Crippen molar-refractivity contribution in [3.63, 3.8) is 0 Å². The minimum Gasteiger partial charge on any atom is -0.277 e. The molecule has 13 aromatic rings. The van der Waals surface area contributed by atoms with E-state index < -0.39 is 0 Å². The second-order valence-electron chi connectivity index (χ2n) is 16.4. The fourth-order valence-corrected chi connectivity index (χ4v) is 10.7. The number of rotatable bonds is 4. The molecule has 0 fully saturated rings. The second kappa shape index (κ2) is 15.1. The Labute approximate surface area is 369 Å². The van der Waals surface area contributed by atoms with Crippen molar-refractivity contribution in [2.24, 2.45) is 0 Å². The van der Waals surface area contributed by atoms with E-state index in [1.54, 1.807) is 0 Å². The lowest BCUT2D eigenvalue weighted by molar-refractivity contribution is 1.02. The molecule has 298 valence electrons. The maximum Gasteiger partial charge on any atom is 0.235 e. The largest absolute Gasteiger partial charge is 0.277 e. The third-order valence-electron chi connectivity index (χ3n) is 12.4. The van der Waals surface area contributed by atoms with E-state index >= 15 is 0 Å². The third-order valence-corrected chi connectivity index (χ3v) is 13.5. The Kier molecular flexibility index (Phi) is 8.87. The highest BCUT2D eigenvalue weighted by Gasteiger charge is 2.22. The number of thiophene rings is 1. The molecule has 0 unspecified atom stereocenters. The zero-order valence-electron chi connectivity index (χ0n) is 35.0. The van der Waals surface area contributed by atoms with Crippen LogP contribution in [0.5, 0.6) is 0 Å². The molecule has 63 heavy (non-hydrogen) atoms. The van der Waals surface area contributed by atoms with Crippen molar-refractivity contribution in [3.05, 3.63) is 200 Å². The van der Waals surface area contributed by atoms with Gasteiger partial charge in [-0.1, -0.05) is 196 Å². The van der Waals surface area contributed by atoms with Gasteiger partial charge in [-0.3, -0.25) is 4.57 Å².